The highest BCUT2D eigenvalue weighted by Crippen LogP contribution is 2.28. The summed E-state index contributed by atoms with van der Waals surface area (Å²) >= 11 is 0. The Morgan fingerprint density at radius 2 is 1.87 bits per heavy atom. The smallest absolute Gasteiger partial charge is 0.123 e. The minimum Gasteiger partial charge on any atom is -0.317 e. The highest BCUT2D eigenvalue weighted by Gasteiger charge is 2.28. The lowest BCUT2D eigenvalue weighted by atomic mass is 9.83. The summed E-state index contributed by atoms with van der Waals surface area (Å²) in [5.74, 6) is 1.42. The number of rotatable bonds is 5. The maximum absolute atomic E-state index is 13.0. The third kappa shape index (κ3) is 4.77. The van der Waals surface area contributed by atoms with E-state index in [9.17, 15) is 4.39 Å². The van der Waals surface area contributed by atoms with Gasteiger partial charge in [-0.15, -0.1) is 0 Å². The molecule has 0 spiro atoms. The number of hydrogen-bond donors (Lipinski definition) is 1. The number of benzene rings is 1. The van der Waals surface area contributed by atoms with Crippen molar-refractivity contribution in [3.05, 3.63) is 35.6 Å². The summed E-state index contributed by atoms with van der Waals surface area (Å²) in [7, 11) is 2.12. The number of hydrogen-bond acceptors (Lipinski definition) is 2. The molecule has 1 aromatic rings. The van der Waals surface area contributed by atoms with Crippen molar-refractivity contribution < 1.29 is 4.39 Å². The molecular weight excluding hydrogens is 287 g/mol. The maximum atomic E-state index is 13.0. The second-order valence-corrected chi connectivity index (χ2v) is 7.54. The van der Waals surface area contributed by atoms with Crippen molar-refractivity contribution in [1.29, 1.82) is 0 Å². The van der Waals surface area contributed by atoms with Crippen LogP contribution in [-0.2, 0) is 6.42 Å². The van der Waals surface area contributed by atoms with Gasteiger partial charge in [0.15, 0.2) is 0 Å². The fourth-order valence-electron chi connectivity index (χ4n) is 4.58. The standard InChI is InChI=1S/C20H31FN2/c1-22-20-7-3-2-6-18(20)15-23-12-4-5-17(14-23)13-16-8-10-19(21)11-9-16/h8-11,17-18,20,22H,2-7,12-15H2,1H3/t17-,18-,20+/m0/s1. The summed E-state index contributed by atoms with van der Waals surface area (Å²) in [5.41, 5.74) is 1.28. The normalized spacial score (nSPS) is 29.6. The maximum Gasteiger partial charge on any atom is 0.123 e. The van der Waals surface area contributed by atoms with Gasteiger partial charge in [0.2, 0.25) is 0 Å². The SMILES string of the molecule is CN[C@@H]1CCCC[C@H]1CN1CCC[C@@H](Cc2ccc(F)cc2)C1. The Labute approximate surface area is 140 Å². The first-order chi connectivity index (χ1) is 11.2. The first-order valence-electron chi connectivity index (χ1n) is 9.38. The largest absolute Gasteiger partial charge is 0.317 e. The number of nitrogens with one attached hydrogen (secondary N) is 1. The van der Waals surface area contributed by atoms with Crippen molar-refractivity contribution in [2.45, 2.75) is 51.0 Å². The molecule has 3 atom stereocenters. The van der Waals surface area contributed by atoms with E-state index >= 15 is 0 Å². The predicted octanol–water partition coefficient (Wildman–Crippen LogP) is 3.86. The number of likely N-dealkylation sites (tertiary alicyclic amines) is 1. The second kappa shape index (κ2) is 8.25. The number of halogens is 1. The Bertz CT molecular complexity index is 473. The molecule has 0 radical (unpaired) electrons. The van der Waals surface area contributed by atoms with Crippen molar-refractivity contribution in [2.75, 3.05) is 26.7 Å². The van der Waals surface area contributed by atoms with Gasteiger partial charge in [0.1, 0.15) is 5.82 Å². The van der Waals surface area contributed by atoms with Gasteiger partial charge in [0.25, 0.3) is 0 Å². The molecule has 23 heavy (non-hydrogen) atoms. The minimum absolute atomic E-state index is 0.130. The molecule has 0 bridgehead atoms. The first kappa shape index (κ1) is 16.9. The van der Waals surface area contributed by atoms with Gasteiger partial charge in [-0.2, -0.15) is 0 Å². The Morgan fingerprint density at radius 1 is 1.09 bits per heavy atom. The van der Waals surface area contributed by atoms with Gasteiger partial charge in [-0.1, -0.05) is 25.0 Å². The molecule has 1 aliphatic heterocycles. The van der Waals surface area contributed by atoms with Crippen LogP contribution in [0.1, 0.15) is 44.1 Å². The number of nitrogens with zero attached hydrogens (tertiary/aromatic N) is 1. The molecule has 2 aliphatic rings. The lowest BCUT2D eigenvalue weighted by molar-refractivity contribution is 0.123. The molecular formula is C20H31FN2. The van der Waals surface area contributed by atoms with Crippen LogP contribution in [0.5, 0.6) is 0 Å². The average molecular weight is 318 g/mol. The second-order valence-electron chi connectivity index (χ2n) is 7.54. The van der Waals surface area contributed by atoms with Crippen molar-refractivity contribution >= 4 is 0 Å². The Kier molecular flexibility index (Phi) is 6.07. The van der Waals surface area contributed by atoms with Crippen LogP contribution < -0.4 is 5.32 Å². The Hall–Kier alpha value is -0.930. The van der Waals surface area contributed by atoms with E-state index < -0.39 is 0 Å². The van der Waals surface area contributed by atoms with E-state index in [0.717, 1.165) is 18.3 Å². The van der Waals surface area contributed by atoms with Gasteiger partial charge in [0.05, 0.1) is 0 Å². The molecule has 1 aromatic carbocycles. The zero-order chi connectivity index (χ0) is 16.1. The zero-order valence-corrected chi connectivity index (χ0v) is 14.4. The molecule has 1 saturated heterocycles. The van der Waals surface area contributed by atoms with Gasteiger partial charge in [0, 0.05) is 19.1 Å². The summed E-state index contributed by atoms with van der Waals surface area (Å²) in [5, 5.41) is 3.54. The van der Waals surface area contributed by atoms with Crippen LogP contribution in [0.15, 0.2) is 24.3 Å². The fraction of sp³-hybridized carbons (Fsp3) is 0.700. The third-order valence-corrected chi connectivity index (χ3v) is 5.81. The number of piperidine rings is 1. The highest BCUT2D eigenvalue weighted by atomic mass is 19.1. The summed E-state index contributed by atoms with van der Waals surface area (Å²) in [4.78, 5) is 2.69. The summed E-state index contributed by atoms with van der Waals surface area (Å²) < 4.78 is 13.0. The van der Waals surface area contributed by atoms with Crippen molar-refractivity contribution in [1.82, 2.24) is 10.2 Å². The summed E-state index contributed by atoms with van der Waals surface area (Å²) in [6.45, 7) is 3.72. The zero-order valence-electron chi connectivity index (χ0n) is 14.4. The van der Waals surface area contributed by atoms with Gasteiger partial charge in [-0.3, -0.25) is 0 Å². The van der Waals surface area contributed by atoms with E-state index in [1.165, 1.54) is 63.7 Å². The van der Waals surface area contributed by atoms with Crippen LogP contribution in [-0.4, -0.2) is 37.6 Å². The van der Waals surface area contributed by atoms with E-state index in [1.54, 1.807) is 12.1 Å². The highest BCUT2D eigenvalue weighted by molar-refractivity contribution is 5.16. The van der Waals surface area contributed by atoms with Crippen LogP contribution in [0, 0.1) is 17.7 Å². The fourth-order valence-corrected chi connectivity index (χ4v) is 4.58. The van der Waals surface area contributed by atoms with Crippen LogP contribution in [0.3, 0.4) is 0 Å². The van der Waals surface area contributed by atoms with Crippen LogP contribution in [0.25, 0.3) is 0 Å². The molecule has 128 valence electrons. The molecule has 3 heteroatoms. The van der Waals surface area contributed by atoms with Crippen molar-refractivity contribution in [3.63, 3.8) is 0 Å². The predicted molar refractivity (Wildman–Crippen MR) is 94.1 cm³/mol. The first-order valence-corrected chi connectivity index (χ1v) is 9.38. The Morgan fingerprint density at radius 3 is 2.65 bits per heavy atom. The Balaban J connectivity index is 1.52. The van der Waals surface area contributed by atoms with E-state index in [-0.39, 0.29) is 5.82 Å². The van der Waals surface area contributed by atoms with Gasteiger partial charge in [-0.05, 0) is 75.2 Å². The molecule has 1 heterocycles. The minimum atomic E-state index is -0.130. The molecule has 1 saturated carbocycles. The van der Waals surface area contributed by atoms with E-state index in [0.29, 0.717) is 6.04 Å². The molecule has 0 aromatic heterocycles. The lowest BCUT2D eigenvalue weighted by Crippen LogP contribution is -2.45. The quantitative estimate of drug-likeness (QED) is 0.887. The van der Waals surface area contributed by atoms with Gasteiger partial charge < -0.3 is 10.2 Å². The molecule has 1 aliphatic carbocycles. The molecule has 2 fully saturated rings. The monoisotopic (exact) mass is 318 g/mol. The molecule has 2 nitrogen and oxygen atoms in total. The average Bonchev–Trinajstić information content (AvgIpc) is 2.58. The molecule has 0 amide bonds. The topological polar surface area (TPSA) is 15.3 Å². The third-order valence-electron chi connectivity index (χ3n) is 5.81. The van der Waals surface area contributed by atoms with E-state index in [1.807, 2.05) is 12.1 Å². The van der Waals surface area contributed by atoms with Crippen LogP contribution in [0.4, 0.5) is 4.39 Å². The van der Waals surface area contributed by atoms with E-state index in [4.69, 9.17) is 0 Å². The van der Waals surface area contributed by atoms with Crippen molar-refractivity contribution in [3.8, 4) is 0 Å². The van der Waals surface area contributed by atoms with Crippen molar-refractivity contribution in [2.24, 2.45) is 11.8 Å². The summed E-state index contributed by atoms with van der Waals surface area (Å²) in [6.07, 6.45) is 9.22. The molecule has 1 N–H and O–H groups in total. The van der Waals surface area contributed by atoms with E-state index in [2.05, 4.69) is 17.3 Å². The van der Waals surface area contributed by atoms with Crippen LogP contribution >= 0.6 is 0 Å². The van der Waals surface area contributed by atoms with Crippen LogP contribution in [0.2, 0.25) is 0 Å². The summed E-state index contributed by atoms with van der Waals surface area (Å²) in [6, 6.07) is 7.80. The van der Waals surface area contributed by atoms with Gasteiger partial charge >= 0.3 is 0 Å². The molecule has 3 rings (SSSR count). The van der Waals surface area contributed by atoms with Gasteiger partial charge in [-0.25, -0.2) is 4.39 Å². The lowest BCUT2D eigenvalue weighted by Gasteiger charge is -2.39. The molecule has 0 unspecified atom stereocenters.